The Morgan fingerprint density at radius 2 is 2.24 bits per heavy atom. The quantitative estimate of drug-likeness (QED) is 0.497. The van der Waals surface area contributed by atoms with Crippen molar-refractivity contribution in [3.63, 3.8) is 0 Å². The Labute approximate surface area is 104 Å². The highest BCUT2D eigenvalue weighted by atomic mass is 16.5. The van der Waals surface area contributed by atoms with Gasteiger partial charge in [0.05, 0.1) is 31.8 Å². The van der Waals surface area contributed by atoms with Crippen LogP contribution in [0.4, 0.5) is 0 Å². The molecule has 0 aromatic rings. The maximum Gasteiger partial charge on any atom is 0.308 e. The van der Waals surface area contributed by atoms with Crippen LogP contribution in [0.1, 0.15) is 33.1 Å². The van der Waals surface area contributed by atoms with E-state index in [1.165, 1.54) is 7.11 Å². The van der Waals surface area contributed by atoms with Crippen LogP contribution in [0.25, 0.3) is 0 Å². The fourth-order valence-electron chi connectivity index (χ4n) is 1.56. The molecule has 0 aliphatic carbocycles. The second-order valence-corrected chi connectivity index (χ2v) is 4.52. The predicted octanol–water partition coefficient (Wildman–Crippen LogP) is 1.92. The van der Waals surface area contributed by atoms with E-state index < -0.39 is 5.60 Å². The third kappa shape index (κ3) is 6.44. The van der Waals surface area contributed by atoms with E-state index in [-0.39, 0.29) is 18.5 Å². The van der Waals surface area contributed by atoms with E-state index >= 15 is 0 Å². The fourth-order valence-corrected chi connectivity index (χ4v) is 1.56. The summed E-state index contributed by atoms with van der Waals surface area (Å²) in [4.78, 5) is 11.2. The SMILES string of the molecule is C=CCO[C@](C)(CO)CCC[C@H](C)C(=O)OC. The molecule has 4 nitrogen and oxygen atoms in total. The van der Waals surface area contributed by atoms with Gasteiger partial charge in [0.2, 0.25) is 0 Å². The van der Waals surface area contributed by atoms with E-state index in [9.17, 15) is 9.90 Å². The van der Waals surface area contributed by atoms with Gasteiger partial charge >= 0.3 is 5.97 Å². The van der Waals surface area contributed by atoms with Crippen molar-refractivity contribution < 1.29 is 19.4 Å². The second-order valence-electron chi connectivity index (χ2n) is 4.52. The van der Waals surface area contributed by atoms with Crippen LogP contribution in [0.2, 0.25) is 0 Å². The number of ether oxygens (including phenoxy) is 2. The molecule has 0 aromatic heterocycles. The molecule has 0 aromatic carbocycles. The topological polar surface area (TPSA) is 55.8 Å². The molecular formula is C13H24O4. The van der Waals surface area contributed by atoms with Gasteiger partial charge in [-0.3, -0.25) is 4.79 Å². The summed E-state index contributed by atoms with van der Waals surface area (Å²) < 4.78 is 10.2. The summed E-state index contributed by atoms with van der Waals surface area (Å²) in [6.07, 6.45) is 3.91. The first-order valence-electron chi connectivity index (χ1n) is 5.92. The highest BCUT2D eigenvalue weighted by Gasteiger charge is 2.24. The Morgan fingerprint density at radius 3 is 2.71 bits per heavy atom. The summed E-state index contributed by atoms with van der Waals surface area (Å²) in [5.74, 6) is -0.301. The van der Waals surface area contributed by atoms with Crippen LogP contribution in [0.15, 0.2) is 12.7 Å². The van der Waals surface area contributed by atoms with Gasteiger partial charge in [-0.05, 0) is 26.2 Å². The summed E-state index contributed by atoms with van der Waals surface area (Å²) in [5, 5.41) is 9.28. The van der Waals surface area contributed by atoms with Crippen molar-refractivity contribution in [1.82, 2.24) is 0 Å². The molecule has 100 valence electrons. The molecule has 0 radical (unpaired) electrons. The van der Waals surface area contributed by atoms with Crippen molar-refractivity contribution >= 4 is 5.97 Å². The van der Waals surface area contributed by atoms with E-state index in [0.717, 1.165) is 12.8 Å². The Hall–Kier alpha value is -0.870. The van der Waals surface area contributed by atoms with Crippen molar-refractivity contribution in [2.45, 2.75) is 38.7 Å². The van der Waals surface area contributed by atoms with E-state index in [1.807, 2.05) is 13.8 Å². The Bertz CT molecular complexity index is 240. The zero-order chi connectivity index (χ0) is 13.3. The van der Waals surface area contributed by atoms with Crippen molar-refractivity contribution in [1.29, 1.82) is 0 Å². The minimum absolute atomic E-state index is 0.0343. The number of carbonyl (C=O) groups excluding carboxylic acids is 1. The molecule has 1 N–H and O–H groups in total. The number of esters is 1. The summed E-state index contributed by atoms with van der Waals surface area (Å²) >= 11 is 0. The summed E-state index contributed by atoms with van der Waals surface area (Å²) in [5.41, 5.74) is -0.552. The Morgan fingerprint density at radius 1 is 1.59 bits per heavy atom. The maximum absolute atomic E-state index is 11.2. The first kappa shape index (κ1) is 16.1. The third-order valence-electron chi connectivity index (χ3n) is 2.83. The fraction of sp³-hybridized carbons (Fsp3) is 0.769. The zero-order valence-electron chi connectivity index (χ0n) is 11.1. The van der Waals surface area contributed by atoms with Gasteiger partial charge in [-0.2, -0.15) is 0 Å². The molecule has 4 heteroatoms. The normalized spacial score (nSPS) is 16.0. The molecular weight excluding hydrogens is 220 g/mol. The largest absolute Gasteiger partial charge is 0.469 e. The minimum atomic E-state index is -0.552. The van der Waals surface area contributed by atoms with Gasteiger partial charge in [0, 0.05) is 0 Å². The van der Waals surface area contributed by atoms with Gasteiger partial charge in [0.1, 0.15) is 0 Å². The molecule has 0 aliphatic rings. The highest BCUT2D eigenvalue weighted by molar-refractivity contribution is 5.71. The first-order valence-corrected chi connectivity index (χ1v) is 5.92. The van der Waals surface area contributed by atoms with Crippen molar-refractivity contribution in [3.05, 3.63) is 12.7 Å². The monoisotopic (exact) mass is 244 g/mol. The maximum atomic E-state index is 11.2. The van der Waals surface area contributed by atoms with Crippen LogP contribution >= 0.6 is 0 Å². The van der Waals surface area contributed by atoms with E-state index in [0.29, 0.717) is 13.0 Å². The van der Waals surface area contributed by atoms with Crippen LogP contribution in [0.3, 0.4) is 0 Å². The Balaban J connectivity index is 3.98. The molecule has 0 unspecified atom stereocenters. The average Bonchev–Trinajstić information content (AvgIpc) is 2.35. The molecule has 0 saturated carbocycles. The average molecular weight is 244 g/mol. The summed E-state index contributed by atoms with van der Waals surface area (Å²) in [6.45, 7) is 7.66. The van der Waals surface area contributed by atoms with Crippen molar-refractivity contribution in [3.8, 4) is 0 Å². The number of methoxy groups -OCH3 is 1. The summed E-state index contributed by atoms with van der Waals surface area (Å²) in [7, 11) is 1.39. The Kier molecular flexibility index (Phi) is 7.83. The third-order valence-corrected chi connectivity index (χ3v) is 2.83. The van der Waals surface area contributed by atoms with Gasteiger partial charge in [0.25, 0.3) is 0 Å². The van der Waals surface area contributed by atoms with E-state index in [1.54, 1.807) is 6.08 Å². The lowest BCUT2D eigenvalue weighted by atomic mass is 9.96. The predicted molar refractivity (Wildman–Crippen MR) is 66.7 cm³/mol. The number of rotatable bonds is 9. The lowest BCUT2D eigenvalue weighted by Crippen LogP contribution is -2.33. The molecule has 0 fully saturated rings. The number of aliphatic hydroxyl groups is 1. The van der Waals surface area contributed by atoms with Crippen molar-refractivity contribution in [2.24, 2.45) is 5.92 Å². The minimum Gasteiger partial charge on any atom is -0.469 e. The first-order chi connectivity index (χ1) is 7.99. The molecule has 0 amide bonds. The molecule has 0 saturated heterocycles. The lowest BCUT2D eigenvalue weighted by Gasteiger charge is -2.27. The van der Waals surface area contributed by atoms with Gasteiger partial charge in [-0.25, -0.2) is 0 Å². The van der Waals surface area contributed by atoms with Gasteiger partial charge < -0.3 is 14.6 Å². The number of hydrogen-bond donors (Lipinski definition) is 1. The highest BCUT2D eigenvalue weighted by Crippen LogP contribution is 2.20. The number of aliphatic hydroxyl groups excluding tert-OH is 1. The van der Waals surface area contributed by atoms with Crippen molar-refractivity contribution in [2.75, 3.05) is 20.3 Å². The van der Waals surface area contributed by atoms with Crippen LogP contribution in [0, 0.1) is 5.92 Å². The van der Waals surface area contributed by atoms with Gasteiger partial charge in [-0.15, -0.1) is 6.58 Å². The molecule has 0 rings (SSSR count). The second kappa shape index (κ2) is 8.25. The smallest absolute Gasteiger partial charge is 0.308 e. The molecule has 0 aliphatic heterocycles. The van der Waals surface area contributed by atoms with Crippen LogP contribution in [-0.4, -0.2) is 37.0 Å². The number of carbonyl (C=O) groups is 1. The van der Waals surface area contributed by atoms with Crippen LogP contribution in [-0.2, 0) is 14.3 Å². The zero-order valence-corrected chi connectivity index (χ0v) is 11.1. The van der Waals surface area contributed by atoms with Crippen LogP contribution < -0.4 is 0 Å². The molecule has 2 atom stereocenters. The standard InChI is InChI=1S/C13H24O4/c1-5-9-17-13(3,10-14)8-6-7-11(2)12(15)16-4/h5,11,14H,1,6-10H2,2-4H3/t11-,13-/m0/s1. The van der Waals surface area contributed by atoms with E-state index in [2.05, 4.69) is 11.3 Å². The number of hydrogen-bond acceptors (Lipinski definition) is 4. The summed E-state index contributed by atoms with van der Waals surface area (Å²) in [6, 6.07) is 0. The van der Waals surface area contributed by atoms with Crippen LogP contribution in [0.5, 0.6) is 0 Å². The molecule has 17 heavy (non-hydrogen) atoms. The lowest BCUT2D eigenvalue weighted by molar-refractivity contribution is -0.145. The van der Waals surface area contributed by atoms with E-state index in [4.69, 9.17) is 4.74 Å². The molecule has 0 bridgehead atoms. The van der Waals surface area contributed by atoms with Gasteiger partial charge in [0.15, 0.2) is 0 Å². The molecule has 0 heterocycles. The van der Waals surface area contributed by atoms with Gasteiger partial charge in [-0.1, -0.05) is 13.0 Å². The molecule has 0 spiro atoms.